The first-order chi connectivity index (χ1) is 12.7. The van der Waals surface area contributed by atoms with Crippen molar-refractivity contribution in [3.63, 3.8) is 0 Å². The second-order valence-corrected chi connectivity index (χ2v) is 6.98. The van der Waals surface area contributed by atoms with Gasteiger partial charge >= 0.3 is 0 Å². The van der Waals surface area contributed by atoms with Crippen LogP contribution in [-0.4, -0.2) is 38.2 Å². The lowest BCUT2D eigenvalue weighted by atomic mass is 9.97. The summed E-state index contributed by atoms with van der Waals surface area (Å²) in [6.45, 7) is 0.287. The minimum atomic E-state index is -0.362. The van der Waals surface area contributed by atoms with Crippen LogP contribution in [0, 0.1) is 0 Å². The molecule has 3 heterocycles. The van der Waals surface area contributed by atoms with Crippen molar-refractivity contribution in [3.8, 4) is 0 Å². The van der Waals surface area contributed by atoms with E-state index in [4.69, 9.17) is 10.7 Å². The number of anilines is 1. The van der Waals surface area contributed by atoms with Gasteiger partial charge in [-0.2, -0.15) is 0 Å². The summed E-state index contributed by atoms with van der Waals surface area (Å²) in [6.07, 6.45) is 9.08. The van der Waals surface area contributed by atoms with Crippen molar-refractivity contribution in [1.29, 1.82) is 0 Å². The van der Waals surface area contributed by atoms with E-state index in [1.807, 2.05) is 6.08 Å². The average Bonchev–Trinajstić information content (AvgIpc) is 3.20. The summed E-state index contributed by atoms with van der Waals surface area (Å²) in [6, 6.07) is 2.18. The van der Waals surface area contributed by atoms with Crippen molar-refractivity contribution in [2.24, 2.45) is 4.99 Å². The Hall–Kier alpha value is -2.74. The molecule has 8 heteroatoms. The predicted octanol–water partition coefficient (Wildman–Crippen LogP) is 1.84. The number of hydrogen-bond donors (Lipinski definition) is 2. The van der Waals surface area contributed by atoms with Gasteiger partial charge in [0.15, 0.2) is 11.5 Å². The minimum Gasteiger partial charge on any atom is -0.382 e. The summed E-state index contributed by atoms with van der Waals surface area (Å²) in [7, 11) is 0. The molecule has 7 nitrogen and oxygen atoms in total. The molecule has 1 aliphatic heterocycles. The number of aryl methyl sites for hydroxylation is 1. The Balaban J connectivity index is 1.62. The monoisotopic (exact) mass is 366 g/mol. The van der Waals surface area contributed by atoms with Crippen molar-refractivity contribution < 1.29 is 4.79 Å². The standard InChI is InChI=1S/C18H18N6OS/c19-17-16(20-5-6-21-17)18(25)22-8-14-12(15-9-26-10-23-15)7-11-3-1-2-4-13(11)24-14/h2,4-7H,1,3,8-10H2,(H2,19,21)(H,22,25). The van der Waals surface area contributed by atoms with Crippen LogP contribution in [0.4, 0.5) is 5.82 Å². The number of carbonyl (C=O) groups is 1. The van der Waals surface area contributed by atoms with Gasteiger partial charge in [-0.05, 0) is 30.5 Å². The number of nitrogens with one attached hydrogen (secondary N) is 1. The molecule has 132 valence electrons. The lowest BCUT2D eigenvalue weighted by Gasteiger charge is -2.16. The molecule has 0 saturated heterocycles. The second kappa shape index (κ2) is 7.25. The molecule has 1 amide bonds. The zero-order valence-corrected chi connectivity index (χ0v) is 14.9. The van der Waals surface area contributed by atoms with Crippen molar-refractivity contribution in [3.05, 3.63) is 52.7 Å². The number of nitrogen functional groups attached to an aromatic ring is 1. The number of thioether (sulfide) groups is 1. The van der Waals surface area contributed by atoms with Crippen LogP contribution in [0.15, 0.2) is 29.5 Å². The molecule has 26 heavy (non-hydrogen) atoms. The van der Waals surface area contributed by atoms with E-state index >= 15 is 0 Å². The minimum absolute atomic E-state index is 0.114. The van der Waals surface area contributed by atoms with Crippen molar-refractivity contribution >= 4 is 35.3 Å². The highest BCUT2D eigenvalue weighted by molar-refractivity contribution is 8.00. The average molecular weight is 366 g/mol. The molecular weight excluding hydrogens is 348 g/mol. The number of allylic oxidation sites excluding steroid dienone is 1. The number of carbonyl (C=O) groups excluding carboxylic acids is 1. The van der Waals surface area contributed by atoms with Crippen molar-refractivity contribution in [1.82, 2.24) is 20.3 Å². The van der Waals surface area contributed by atoms with Crippen LogP contribution < -0.4 is 11.1 Å². The van der Waals surface area contributed by atoms with Gasteiger partial charge in [-0.25, -0.2) is 9.97 Å². The largest absolute Gasteiger partial charge is 0.382 e. The predicted molar refractivity (Wildman–Crippen MR) is 103 cm³/mol. The quantitative estimate of drug-likeness (QED) is 0.855. The summed E-state index contributed by atoms with van der Waals surface area (Å²) in [5, 5.41) is 2.86. The van der Waals surface area contributed by atoms with E-state index in [1.54, 1.807) is 11.8 Å². The lowest BCUT2D eigenvalue weighted by Crippen LogP contribution is -2.27. The molecule has 0 atom stereocenters. The molecule has 2 aromatic heterocycles. The molecule has 2 aliphatic rings. The van der Waals surface area contributed by atoms with Crippen LogP contribution in [0.25, 0.3) is 6.08 Å². The van der Waals surface area contributed by atoms with Gasteiger partial charge in [0, 0.05) is 23.7 Å². The number of aromatic nitrogens is 3. The number of pyridine rings is 1. The zero-order valence-electron chi connectivity index (χ0n) is 14.1. The Bertz CT molecular complexity index is 924. The summed E-state index contributed by atoms with van der Waals surface area (Å²) < 4.78 is 0. The molecule has 1 aliphatic carbocycles. The maximum Gasteiger partial charge on any atom is 0.274 e. The van der Waals surface area contributed by atoms with Gasteiger partial charge in [0.1, 0.15) is 0 Å². The van der Waals surface area contributed by atoms with E-state index in [-0.39, 0.29) is 24.0 Å². The summed E-state index contributed by atoms with van der Waals surface area (Å²) >= 11 is 1.78. The highest BCUT2D eigenvalue weighted by Gasteiger charge is 2.20. The normalized spacial score (nSPS) is 15.5. The molecule has 0 radical (unpaired) electrons. The van der Waals surface area contributed by atoms with Gasteiger partial charge in [0.25, 0.3) is 5.91 Å². The summed E-state index contributed by atoms with van der Waals surface area (Å²) in [4.78, 5) is 29.7. The van der Waals surface area contributed by atoms with E-state index in [0.29, 0.717) is 0 Å². The van der Waals surface area contributed by atoms with Crippen LogP contribution in [-0.2, 0) is 13.0 Å². The fourth-order valence-electron chi connectivity index (χ4n) is 3.02. The Labute approximate surface area is 155 Å². The van der Waals surface area contributed by atoms with E-state index in [0.717, 1.165) is 47.1 Å². The molecule has 0 fully saturated rings. The summed E-state index contributed by atoms with van der Waals surface area (Å²) in [5.41, 5.74) is 10.9. The van der Waals surface area contributed by atoms with Gasteiger partial charge in [-0.1, -0.05) is 6.08 Å². The van der Waals surface area contributed by atoms with E-state index in [1.165, 1.54) is 18.0 Å². The first-order valence-corrected chi connectivity index (χ1v) is 9.53. The molecule has 0 unspecified atom stereocenters. The van der Waals surface area contributed by atoms with Gasteiger partial charge in [0.2, 0.25) is 0 Å². The number of nitrogens with two attached hydrogens (primary N) is 1. The van der Waals surface area contributed by atoms with Crippen molar-refractivity contribution in [2.45, 2.75) is 19.4 Å². The highest BCUT2D eigenvalue weighted by Crippen LogP contribution is 2.24. The maximum atomic E-state index is 12.4. The number of rotatable bonds is 4. The number of amides is 1. The number of fused-ring (bicyclic) bond motifs is 1. The molecule has 0 bridgehead atoms. The topological polar surface area (TPSA) is 106 Å². The lowest BCUT2D eigenvalue weighted by molar-refractivity contribution is 0.0946. The molecule has 0 aromatic carbocycles. The van der Waals surface area contributed by atoms with Crippen LogP contribution in [0.2, 0.25) is 0 Å². The smallest absolute Gasteiger partial charge is 0.274 e. The zero-order chi connectivity index (χ0) is 17.9. The first kappa shape index (κ1) is 16.7. The number of nitrogens with zero attached hydrogens (tertiary/aromatic N) is 4. The van der Waals surface area contributed by atoms with Gasteiger partial charge in [-0.3, -0.25) is 14.8 Å². The van der Waals surface area contributed by atoms with Crippen LogP contribution >= 0.6 is 11.8 Å². The molecule has 0 spiro atoms. The third-order valence-electron chi connectivity index (χ3n) is 4.32. The Kier molecular flexibility index (Phi) is 4.66. The maximum absolute atomic E-state index is 12.4. The van der Waals surface area contributed by atoms with E-state index in [2.05, 4.69) is 32.4 Å². The van der Waals surface area contributed by atoms with Gasteiger partial charge < -0.3 is 11.1 Å². The SMILES string of the molecule is Nc1nccnc1C(=O)NCc1nc2c(cc1C1=NCSC1)CCC=C2. The molecule has 0 saturated carbocycles. The fraction of sp³-hybridized carbons (Fsp3) is 0.278. The Morgan fingerprint density at radius 3 is 3.00 bits per heavy atom. The summed E-state index contributed by atoms with van der Waals surface area (Å²) in [5.74, 6) is 1.39. The Morgan fingerprint density at radius 2 is 2.19 bits per heavy atom. The fourth-order valence-corrected chi connectivity index (χ4v) is 3.80. The van der Waals surface area contributed by atoms with E-state index < -0.39 is 0 Å². The Morgan fingerprint density at radius 1 is 1.31 bits per heavy atom. The third kappa shape index (κ3) is 3.32. The van der Waals surface area contributed by atoms with Crippen LogP contribution in [0.5, 0.6) is 0 Å². The van der Waals surface area contributed by atoms with E-state index in [9.17, 15) is 4.79 Å². The molecule has 3 N–H and O–H groups in total. The van der Waals surface area contributed by atoms with Crippen molar-refractivity contribution in [2.75, 3.05) is 17.4 Å². The van der Waals surface area contributed by atoms with Crippen LogP contribution in [0.3, 0.4) is 0 Å². The molecule has 4 rings (SSSR count). The van der Waals surface area contributed by atoms with Gasteiger partial charge in [0.05, 0.1) is 29.5 Å². The molecular formula is C18H18N6OS. The number of aliphatic imine (C=N–C) groups is 1. The third-order valence-corrected chi connectivity index (χ3v) is 5.11. The number of hydrogen-bond acceptors (Lipinski definition) is 7. The first-order valence-electron chi connectivity index (χ1n) is 8.38. The van der Waals surface area contributed by atoms with Gasteiger partial charge in [-0.15, -0.1) is 11.8 Å². The second-order valence-electron chi connectivity index (χ2n) is 6.02. The van der Waals surface area contributed by atoms with Crippen LogP contribution in [0.1, 0.15) is 39.4 Å². The highest BCUT2D eigenvalue weighted by atomic mass is 32.2. The molecule has 2 aromatic rings.